The minimum Gasteiger partial charge on any atom is -0.508 e. The number of ether oxygens (including phenoxy) is 1. The molecule has 0 atom stereocenters. The highest BCUT2D eigenvalue weighted by molar-refractivity contribution is 6.03. The van der Waals surface area contributed by atoms with Gasteiger partial charge >= 0.3 is 0 Å². The molecule has 1 aromatic carbocycles. The molecular weight excluding hydrogens is 180 g/mol. The van der Waals surface area contributed by atoms with Crippen LogP contribution in [-0.2, 0) is 0 Å². The summed E-state index contributed by atoms with van der Waals surface area (Å²) in [6.45, 7) is 4.07. The summed E-state index contributed by atoms with van der Waals surface area (Å²) in [6, 6.07) is 4.58. The second-order valence-electron chi connectivity index (χ2n) is 4.18. The van der Waals surface area contributed by atoms with Crippen molar-refractivity contribution in [2.24, 2.45) is 5.41 Å². The van der Waals surface area contributed by atoms with E-state index in [2.05, 4.69) is 0 Å². The third-order valence-electron chi connectivity index (χ3n) is 2.41. The van der Waals surface area contributed by atoms with Crippen LogP contribution in [0.15, 0.2) is 18.2 Å². The molecule has 3 nitrogen and oxygen atoms in total. The van der Waals surface area contributed by atoms with Gasteiger partial charge in [-0.2, -0.15) is 0 Å². The van der Waals surface area contributed by atoms with E-state index in [9.17, 15) is 9.90 Å². The van der Waals surface area contributed by atoms with Gasteiger partial charge in [0.25, 0.3) is 0 Å². The highest BCUT2D eigenvalue weighted by atomic mass is 16.5. The van der Waals surface area contributed by atoms with Gasteiger partial charge in [0, 0.05) is 6.07 Å². The fourth-order valence-corrected chi connectivity index (χ4v) is 1.51. The minimum absolute atomic E-state index is 0.0683. The molecule has 0 bridgehead atoms. The summed E-state index contributed by atoms with van der Waals surface area (Å²) in [4.78, 5) is 11.9. The first-order valence-electron chi connectivity index (χ1n) is 4.51. The number of fused-ring (bicyclic) bond motifs is 1. The molecule has 0 fully saturated rings. The number of Topliss-reactive ketones (excluding diaryl/α,β-unsaturated/α-hetero) is 1. The summed E-state index contributed by atoms with van der Waals surface area (Å²) < 4.78 is 5.41. The van der Waals surface area contributed by atoms with Gasteiger partial charge in [0.15, 0.2) is 5.78 Å². The van der Waals surface area contributed by atoms with Gasteiger partial charge in [-0.05, 0) is 26.0 Å². The summed E-state index contributed by atoms with van der Waals surface area (Å²) >= 11 is 0. The van der Waals surface area contributed by atoms with E-state index < -0.39 is 5.41 Å². The van der Waals surface area contributed by atoms with Gasteiger partial charge in [0.05, 0.1) is 11.0 Å². The van der Waals surface area contributed by atoms with Crippen molar-refractivity contribution in [3.05, 3.63) is 23.8 Å². The van der Waals surface area contributed by atoms with Gasteiger partial charge in [0.2, 0.25) is 0 Å². The van der Waals surface area contributed by atoms with Crippen LogP contribution in [0.4, 0.5) is 0 Å². The standard InChI is InChI=1S/C11H12O3/c1-11(2)6-14-9-5-7(12)3-4-8(9)10(11)13/h3-5,12H,6H2,1-2H3. The van der Waals surface area contributed by atoms with E-state index in [1.165, 1.54) is 12.1 Å². The Balaban J connectivity index is 2.52. The summed E-state index contributed by atoms with van der Waals surface area (Å²) in [5.41, 5.74) is 0.0864. The number of hydrogen-bond acceptors (Lipinski definition) is 3. The number of benzene rings is 1. The topological polar surface area (TPSA) is 46.5 Å². The van der Waals surface area contributed by atoms with Crippen molar-refractivity contribution in [1.82, 2.24) is 0 Å². The van der Waals surface area contributed by atoms with Crippen LogP contribution in [-0.4, -0.2) is 17.5 Å². The molecular formula is C11H12O3. The van der Waals surface area contributed by atoms with Crippen LogP contribution in [0.3, 0.4) is 0 Å². The molecule has 74 valence electrons. The van der Waals surface area contributed by atoms with Crippen molar-refractivity contribution in [3.63, 3.8) is 0 Å². The van der Waals surface area contributed by atoms with E-state index in [-0.39, 0.29) is 11.5 Å². The van der Waals surface area contributed by atoms with Crippen LogP contribution in [0.1, 0.15) is 24.2 Å². The van der Waals surface area contributed by atoms with Crippen LogP contribution < -0.4 is 4.74 Å². The average Bonchev–Trinajstić information content (AvgIpc) is 2.12. The Morgan fingerprint density at radius 2 is 2.14 bits per heavy atom. The van der Waals surface area contributed by atoms with Crippen molar-refractivity contribution >= 4 is 5.78 Å². The van der Waals surface area contributed by atoms with Crippen molar-refractivity contribution in [2.75, 3.05) is 6.61 Å². The molecule has 3 heteroatoms. The molecule has 1 aromatic rings. The highest BCUT2D eigenvalue weighted by Crippen LogP contribution is 2.35. The molecule has 0 saturated carbocycles. The largest absolute Gasteiger partial charge is 0.508 e. The van der Waals surface area contributed by atoms with Gasteiger partial charge in [-0.15, -0.1) is 0 Å². The molecule has 0 amide bonds. The second kappa shape index (κ2) is 2.74. The number of carbonyl (C=O) groups is 1. The number of phenols is 1. The lowest BCUT2D eigenvalue weighted by molar-refractivity contribution is 0.0692. The Morgan fingerprint density at radius 3 is 2.86 bits per heavy atom. The zero-order valence-electron chi connectivity index (χ0n) is 8.20. The molecule has 0 aromatic heterocycles. The molecule has 14 heavy (non-hydrogen) atoms. The quantitative estimate of drug-likeness (QED) is 0.683. The van der Waals surface area contributed by atoms with Crippen molar-refractivity contribution in [3.8, 4) is 11.5 Å². The average molecular weight is 192 g/mol. The predicted octanol–water partition coefficient (Wildman–Crippen LogP) is 1.99. The van der Waals surface area contributed by atoms with Gasteiger partial charge in [-0.3, -0.25) is 4.79 Å². The van der Waals surface area contributed by atoms with Gasteiger partial charge in [-0.25, -0.2) is 0 Å². The number of aromatic hydroxyl groups is 1. The maximum absolute atomic E-state index is 11.9. The first kappa shape index (κ1) is 9.06. The monoisotopic (exact) mass is 192 g/mol. The predicted molar refractivity (Wildman–Crippen MR) is 51.7 cm³/mol. The Kier molecular flexibility index (Phi) is 1.77. The zero-order chi connectivity index (χ0) is 10.3. The highest BCUT2D eigenvalue weighted by Gasteiger charge is 2.35. The van der Waals surface area contributed by atoms with Crippen LogP contribution >= 0.6 is 0 Å². The van der Waals surface area contributed by atoms with Crippen molar-refractivity contribution in [1.29, 1.82) is 0 Å². The van der Waals surface area contributed by atoms with Crippen LogP contribution in [0.25, 0.3) is 0 Å². The third kappa shape index (κ3) is 1.25. The Morgan fingerprint density at radius 1 is 1.43 bits per heavy atom. The molecule has 1 aliphatic rings. The molecule has 0 unspecified atom stereocenters. The Bertz CT molecular complexity index is 394. The lowest BCUT2D eigenvalue weighted by atomic mass is 9.83. The first-order valence-corrected chi connectivity index (χ1v) is 4.51. The summed E-state index contributed by atoms with van der Waals surface area (Å²) in [5, 5.41) is 9.21. The molecule has 0 saturated heterocycles. The molecule has 1 N–H and O–H groups in total. The second-order valence-corrected chi connectivity index (χ2v) is 4.18. The molecule has 2 rings (SSSR count). The molecule has 1 aliphatic heterocycles. The summed E-state index contributed by atoms with van der Waals surface area (Å²) in [6.07, 6.45) is 0. The molecule has 1 heterocycles. The van der Waals surface area contributed by atoms with Crippen molar-refractivity contribution in [2.45, 2.75) is 13.8 Å². The Hall–Kier alpha value is -1.51. The van der Waals surface area contributed by atoms with Crippen molar-refractivity contribution < 1.29 is 14.6 Å². The smallest absolute Gasteiger partial charge is 0.175 e. The van der Waals surface area contributed by atoms with E-state index in [0.717, 1.165) is 0 Å². The van der Waals surface area contributed by atoms with Gasteiger partial charge < -0.3 is 9.84 Å². The lowest BCUT2D eigenvalue weighted by Gasteiger charge is -2.29. The fraction of sp³-hybridized carbons (Fsp3) is 0.364. The molecule has 0 spiro atoms. The zero-order valence-corrected chi connectivity index (χ0v) is 8.20. The van der Waals surface area contributed by atoms with E-state index >= 15 is 0 Å². The molecule has 0 aliphatic carbocycles. The minimum atomic E-state index is -0.468. The molecule has 0 radical (unpaired) electrons. The van der Waals surface area contributed by atoms with Gasteiger partial charge in [-0.1, -0.05) is 0 Å². The van der Waals surface area contributed by atoms with E-state index in [4.69, 9.17) is 4.74 Å². The number of ketones is 1. The van der Waals surface area contributed by atoms with Gasteiger partial charge in [0.1, 0.15) is 18.1 Å². The van der Waals surface area contributed by atoms with Crippen LogP contribution in [0, 0.1) is 5.41 Å². The fourth-order valence-electron chi connectivity index (χ4n) is 1.51. The number of phenolic OH excluding ortho intramolecular Hbond substituents is 1. The van der Waals surface area contributed by atoms with Crippen LogP contribution in [0.2, 0.25) is 0 Å². The van der Waals surface area contributed by atoms with Crippen LogP contribution in [0.5, 0.6) is 11.5 Å². The normalized spacial score (nSPS) is 18.6. The SMILES string of the molecule is CC1(C)COc2cc(O)ccc2C1=O. The Labute approximate surface area is 82.3 Å². The first-order chi connectivity index (χ1) is 6.50. The maximum Gasteiger partial charge on any atom is 0.175 e. The summed E-state index contributed by atoms with van der Waals surface area (Å²) in [7, 11) is 0. The third-order valence-corrected chi connectivity index (χ3v) is 2.41. The van der Waals surface area contributed by atoms with E-state index in [1.807, 2.05) is 13.8 Å². The number of rotatable bonds is 0. The van der Waals surface area contributed by atoms with E-state index in [1.54, 1.807) is 6.07 Å². The maximum atomic E-state index is 11.9. The van der Waals surface area contributed by atoms with E-state index in [0.29, 0.717) is 17.9 Å². The number of carbonyl (C=O) groups excluding carboxylic acids is 1. The summed E-state index contributed by atoms with van der Waals surface area (Å²) in [5.74, 6) is 0.671. The number of hydrogen-bond donors (Lipinski definition) is 1. The lowest BCUT2D eigenvalue weighted by Crippen LogP contribution is -2.35.